The van der Waals surface area contributed by atoms with E-state index in [1.54, 1.807) is 6.92 Å². The Morgan fingerprint density at radius 3 is 2.10 bits per heavy atom. The van der Waals surface area contributed by atoms with Gasteiger partial charge >= 0.3 is 5.97 Å². The molecule has 0 radical (unpaired) electrons. The van der Waals surface area contributed by atoms with E-state index in [1.165, 1.54) is 32.1 Å². The molecule has 20 heavy (non-hydrogen) atoms. The van der Waals surface area contributed by atoms with E-state index in [0.717, 1.165) is 19.3 Å². The molecule has 118 valence electrons. The van der Waals surface area contributed by atoms with E-state index in [1.807, 2.05) is 0 Å². The van der Waals surface area contributed by atoms with E-state index < -0.39 is 12.2 Å². The normalized spacial score (nSPS) is 11.9. The Labute approximate surface area is 122 Å². The maximum absolute atomic E-state index is 11.5. The highest BCUT2D eigenvalue weighted by Crippen LogP contribution is 2.09. The van der Waals surface area contributed by atoms with Crippen molar-refractivity contribution in [3.63, 3.8) is 0 Å². The molecule has 0 rings (SSSR count). The third-order valence-corrected chi connectivity index (χ3v) is 3.06. The Bertz CT molecular complexity index is 269. The molecule has 5 nitrogen and oxygen atoms in total. The largest absolute Gasteiger partial charge is 0.463 e. The number of carbonyl (C=O) groups excluding carboxylic acids is 2. The summed E-state index contributed by atoms with van der Waals surface area (Å²) >= 11 is 0. The van der Waals surface area contributed by atoms with Gasteiger partial charge in [0.25, 0.3) is 0 Å². The predicted molar refractivity (Wildman–Crippen MR) is 78.0 cm³/mol. The Hall–Kier alpha value is -1.10. The number of unbranched alkanes of at least 4 members (excludes halogenated alkanes) is 7. The van der Waals surface area contributed by atoms with E-state index >= 15 is 0 Å². The summed E-state index contributed by atoms with van der Waals surface area (Å²) in [5, 5.41) is 11.6. The maximum Gasteiger partial charge on any atom is 0.356 e. The van der Waals surface area contributed by atoms with Crippen LogP contribution in [0.5, 0.6) is 0 Å². The number of ether oxygens (including phenoxy) is 1. The number of hydrogen-bond acceptors (Lipinski definition) is 4. The minimum Gasteiger partial charge on any atom is -0.463 e. The number of rotatable bonds is 12. The number of aliphatic hydroxyl groups is 1. The quantitative estimate of drug-likeness (QED) is 0.328. The fraction of sp³-hybridized carbons (Fsp3) is 0.867. The number of carbonyl (C=O) groups is 2. The van der Waals surface area contributed by atoms with Crippen molar-refractivity contribution in [2.75, 3.05) is 6.61 Å². The molecular formula is C15H29NO4. The van der Waals surface area contributed by atoms with Gasteiger partial charge in [0.15, 0.2) is 0 Å². The third kappa shape index (κ3) is 10.8. The minimum atomic E-state index is -1.54. The fourth-order valence-electron chi connectivity index (χ4n) is 1.92. The van der Waals surface area contributed by atoms with Crippen molar-refractivity contribution >= 4 is 11.9 Å². The number of amides is 1. The number of hydrogen-bond donors (Lipinski definition) is 2. The maximum atomic E-state index is 11.5. The molecule has 0 fully saturated rings. The lowest BCUT2D eigenvalue weighted by atomic mass is 10.1. The van der Waals surface area contributed by atoms with Gasteiger partial charge in [-0.3, -0.25) is 4.79 Å². The second-order valence-corrected chi connectivity index (χ2v) is 4.95. The van der Waals surface area contributed by atoms with Gasteiger partial charge < -0.3 is 15.2 Å². The molecule has 5 heteroatoms. The topological polar surface area (TPSA) is 75.6 Å². The first-order valence-electron chi connectivity index (χ1n) is 7.75. The molecule has 1 atom stereocenters. The lowest BCUT2D eigenvalue weighted by Crippen LogP contribution is -2.41. The van der Waals surface area contributed by atoms with Gasteiger partial charge in [-0.2, -0.15) is 0 Å². The minimum absolute atomic E-state index is 0.184. The van der Waals surface area contributed by atoms with E-state index in [2.05, 4.69) is 17.0 Å². The second kappa shape index (κ2) is 12.9. The van der Waals surface area contributed by atoms with Crippen molar-refractivity contribution < 1.29 is 19.4 Å². The molecule has 0 aliphatic heterocycles. The molecule has 0 aromatic heterocycles. The standard InChI is InChI=1S/C15H29NO4/c1-3-5-6-7-8-9-10-11-12-13(17)16-14(18)15(19)20-4-2/h14,18H,3-12H2,1-2H3,(H,16,17)/t14-/m1/s1. The average Bonchev–Trinajstić information content (AvgIpc) is 2.42. The van der Waals surface area contributed by atoms with Crippen molar-refractivity contribution in [1.82, 2.24) is 5.32 Å². The summed E-state index contributed by atoms with van der Waals surface area (Å²) in [6, 6.07) is 0. The van der Waals surface area contributed by atoms with Crippen LogP contribution in [0.25, 0.3) is 0 Å². The highest BCUT2D eigenvalue weighted by Gasteiger charge is 2.17. The van der Waals surface area contributed by atoms with Gasteiger partial charge in [-0.15, -0.1) is 0 Å². The highest BCUT2D eigenvalue weighted by atomic mass is 16.5. The number of nitrogens with one attached hydrogen (secondary N) is 1. The molecule has 0 unspecified atom stereocenters. The summed E-state index contributed by atoms with van der Waals surface area (Å²) in [5.74, 6) is -1.12. The molecule has 0 saturated heterocycles. The summed E-state index contributed by atoms with van der Waals surface area (Å²) in [5.41, 5.74) is 0. The molecular weight excluding hydrogens is 258 g/mol. The van der Waals surface area contributed by atoms with Crippen LogP contribution in [0.4, 0.5) is 0 Å². The Kier molecular flexibility index (Phi) is 12.2. The first-order valence-corrected chi connectivity index (χ1v) is 7.75. The van der Waals surface area contributed by atoms with Gasteiger partial charge in [0.05, 0.1) is 6.61 Å². The predicted octanol–water partition coefficient (Wildman–Crippen LogP) is 2.51. The smallest absolute Gasteiger partial charge is 0.356 e. The van der Waals surface area contributed by atoms with Gasteiger partial charge in [0.2, 0.25) is 12.1 Å². The first-order chi connectivity index (χ1) is 9.61. The lowest BCUT2D eigenvalue weighted by Gasteiger charge is -2.11. The Balaban J connectivity index is 3.47. The van der Waals surface area contributed by atoms with E-state index in [-0.39, 0.29) is 12.5 Å². The Morgan fingerprint density at radius 1 is 1.00 bits per heavy atom. The van der Waals surface area contributed by atoms with Crippen molar-refractivity contribution in [2.45, 2.75) is 77.9 Å². The van der Waals surface area contributed by atoms with E-state index in [4.69, 9.17) is 0 Å². The van der Waals surface area contributed by atoms with Crippen LogP contribution < -0.4 is 5.32 Å². The summed E-state index contributed by atoms with van der Waals surface area (Å²) in [6.07, 6.45) is 8.05. The number of esters is 1. The van der Waals surface area contributed by atoms with Crippen LogP contribution in [0.1, 0.15) is 71.6 Å². The van der Waals surface area contributed by atoms with E-state index in [9.17, 15) is 14.7 Å². The average molecular weight is 287 g/mol. The third-order valence-electron chi connectivity index (χ3n) is 3.06. The van der Waals surface area contributed by atoms with Crippen molar-refractivity contribution in [3.05, 3.63) is 0 Å². The van der Waals surface area contributed by atoms with Gasteiger partial charge in [0, 0.05) is 6.42 Å². The molecule has 0 spiro atoms. The molecule has 0 aromatic rings. The van der Waals surface area contributed by atoms with Gasteiger partial charge in [-0.1, -0.05) is 51.9 Å². The van der Waals surface area contributed by atoms with Crippen LogP contribution in [-0.4, -0.2) is 29.8 Å². The van der Waals surface area contributed by atoms with Crippen LogP contribution >= 0.6 is 0 Å². The van der Waals surface area contributed by atoms with Gasteiger partial charge in [-0.25, -0.2) is 4.79 Å². The molecule has 2 N–H and O–H groups in total. The highest BCUT2D eigenvalue weighted by molar-refractivity contribution is 5.83. The van der Waals surface area contributed by atoms with Crippen molar-refractivity contribution in [3.8, 4) is 0 Å². The second-order valence-electron chi connectivity index (χ2n) is 4.95. The Morgan fingerprint density at radius 2 is 1.55 bits per heavy atom. The summed E-state index contributed by atoms with van der Waals surface area (Å²) in [6.45, 7) is 4.03. The van der Waals surface area contributed by atoms with E-state index in [0.29, 0.717) is 6.42 Å². The molecule has 0 saturated carbocycles. The number of aliphatic hydroxyl groups excluding tert-OH is 1. The zero-order valence-electron chi connectivity index (χ0n) is 12.8. The van der Waals surface area contributed by atoms with Crippen LogP contribution in [-0.2, 0) is 14.3 Å². The molecule has 0 aromatic carbocycles. The molecule has 0 heterocycles. The summed E-state index contributed by atoms with van der Waals surface area (Å²) in [7, 11) is 0. The summed E-state index contributed by atoms with van der Waals surface area (Å²) < 4.78 is 4.59. The molecule has 0 aliphatic carbocycles. The van der Waals surface area contributed by atoms with Crippen LogP contribution in [0.3, 0.4) is 0 Å². The van der Waals surface area contributed by atoms with Crippen molar-refractivity contribution in [2.24, 2.45) is 0 Å². The summed E-state index contributed by atoms with van der Waals surface area (Å²) in [4.78, 5) is 22.6. The molecule has 0 aliphatic rings. The zero-order chi connectivity index (χ0) is 15.2. The van der Waals surface area contributed by atoms with Gasteiger partial charge in [-0.05, 0) is 13.3 Å². The monoisotopic (exact) mass is 287 g/mol. The lowest BCUT2D eigenvalue weighted by molar-refractivity contribution is -0.157. The van der Waals surface area contributed by atoms with Crippen LogP contribution in [0.15, 0.2) is 0 Å². The molecule has 1 amide bonds. The van der Waals surface area contributed by atoms with Crippen LogP contribution in [0, 0.1) is 0 Å². The first kappa shape index (κ1) is 18.9. The fourth-order valence-corrected chi connectivity index (χ4v) is 1.92. The zero-order valence-corrected chi connectivity index (χ0v) is 12.8. The van der Waals surface area contributed by atoms with Crippen molar-refractivity contribution in [1.29, 1.82) is 0 Å². The van der Waals surface area contributed by atoms with Gasteiger partial charge in [0.1, 0.15) is 0 Å². The molecule has 0 bridgehead atoms. The SMILES string of the molecule is CCCCCCCCCCC(=O)N[C@H](O)C(=O)OCC. The van der Waals surface area contributed by atoms with Crippen LogP contribution in [0.2, 0.25) is 0 Å².